The third-order valence-electron chi connectivity index (χ3n) is 0. The van der Waals surface area contributed by atoms with Gasteiger partial charge in [-0.25, -0.2) is 0 Å². The zero-order chi connectivity index (χ0) is 0. The summed E-state index contributed by atoms with van der Waals surface area (Å²) in [6.45, 7) is 0. The summed E-state index contributed by atoms with van der Waals surface area (Å²) in [4.78, 5) is 0. The van der Waals surface area contributed by atoms with E-state index in [1.54, 1.807) is 0 Å². The number of hydrogen-bond donors (Lipinski definition) is 0. The summed E-state index contributed by atoms with van der Waals surface area (Å²) in [7, 11) is 0. The molecule has 0 rings (SSSR count). The molecule has 0 saturated heterocycles. The van der Waals surface area contributed by atoms with Crippen LogP contribution in [0.3, 0.4) is 0 Å². The molecule has 0 saturated carbocycles. The quantitative estimate of drug-likeness (QED) is 0.476. The summed E-state index contributed by atoms with van der Waals surface area (Å²) in [5.74, 6) is 0. The van der Waals surface area contributed by atoms with Gasteiger partial charge in [-0.2, -0.15) is 0 Å². The third kappa shape index (κ3) is 8.94. The Morgan fingerprint density at radius 3 is 1.00 bits per heavy atom. The van der Waals surface area contributed by atoms with Crippen LogP contribution in [0.15, 0.2) is 0 Å². The van der Waals surface area contributed by atoms with Gasteiger partial charge in [-0.3, -0.25) is 0 Å². The molecule has 0 aliphatic heterocycles. The molecule has 0 spiro atoms. The van der Waals surface area contributed by atoms with Crippen molar-refractivity contribution in [2.45, 2.75) is 0 Å². The Hall–Kier alpha value is 3.15. The van der Waals surface area contributed by atoms with Crippen LogP contribution in [0, 0.1) is 35.6 Å². The second-order valence-electron chi connectivity index (χ2n) is 0. The van der Waals surface area contributed by atoms with E-state index in [1.807, 2.05) is 0 Å². The van der Waals surface area contributed by atoms with Gasteiger partial charge in [0.2, 0.25) is 0 Å². The van der Waals surface area contributed by atoms with E-state index < -0.39 is 0 Å². The van der Waals surface area contributed by atoms with Gasteiger partial charge in [-0.15, -0.1) is 0 Å². The van der Waals surface area contributed by atoms with Crippen LogP contribution in [0.25, 0.3) is 0 Å². The Bertz CT molecular complexity index is 8.00. The molecule has 0 fully saturated rings. The Balaban J connectivity index is 0. The number of rotatable bonds is 0. The molecule has 2 N–H and O–H groups in total. The fraction of sp³-hybridized carbons (Fsp3) is 0. The average molecular weight is 310 g/mol. The van der Waals surface area contributed by atoms with Crippen molar-refractivity contribution < 1.29 is 58.1 Å². The van der Waals surface area contributed by atoms with Crippen molar-refractivity contribution in [3.8, 4) is 0 Å². The van der Waals surface area contributed by atoms with E-state index in [1.165, 1.54) is 0 Å². The fourth-order valence-electron chi connectivity index (χ4n) is 0. The van der Waals surface area contributed by atoms with Gasteiger partial charge in [0.1, 0.15) is 0 Å². The second-order valence-corrected chi connectivity index (χ2v) is 0. The van der Waals surface area contributed by atoms with Crippen LogP contribution >= 0.6 is 0 Å². The molecule has 0 aromatic carbocycles. The molecular weight excluding hydrogens is 306 g/mol. The minimum absolute atomic E-state index is 0. The van der Waals surface area contributed by atoms with Crippen molar-refractivity contribution >= 4 is 45.5 Å². The average Bonchev–Trinajstić information content (AvgIpc) is 0. The summed E-state index contributed by atoms with van der Waals surface area (Å²) in [6, 6.07) is 0. The van der Waals surface area contributed by atoms with Gasteiger partial charge >= 0.3 is 45.5 Å². The van der Waals surface area contributed by atoms with Crippen LogP contribution < -0.4 is 0 Å². The maximum absolute atomic E-state index is 0. The van der Waals surface area contributed by atoms with E-state index >= 15 is 0 Å². The van der Waals surface area contributed by atoms with E-state index in [0.29, 0.717) is 0 Å². The predicted octanol–water partition coefficient (Wildman–Crippen LogP) is -1.74. The minimum atomic E-state index is 0. The molecule has 2 radical (unpaired) electrons. The second kappa shape index (κ2) is 16.4. The van der Waals surface area contributed by atoms with Crippen LogP contribution in [0.4, 0.5) is 0 Å². The van der Waals surface area contributed by atoms with Crippen molar-refractivity contribution in [1.82, 2.24) is 0 Å². The van der Waals surface area contributed by atoms with Crippen LogP contribution in [0.2, 0.25) is 0 Å². The summed E-state index contributed by atoms with van der Waals surface area (Å²) in [6.07, 6.45) is 0. The molecule has 0 aliphatic rings. The van der Waals surface area contributed by atoms with Crippen LogP contribution in [0.1, 0.15) is 0 Å². The summed E-state index contributed by atoms with van der Waals surface area (Å²) >= 11 is 0. The Morgan fingerprint density at radius 1 is 1.00 bits per heavy atom. The first-order valence-electron chi connectivity index (χ1n) is 0. The SMILES string of the molecule is O.[Cu].[La].[SrH2]. The van der Waals surface area contributed by atoms with Gasteiger partial charge in [0.15, 0.2) is 0 Å². The van der Waals surface area contributed by atoms with E-state index in [9.17, 15) is 0 Å². The van der Waals surface area contributed by atoms with Crippen LogP contribution in [-0.2, 0) is 17.1 Å². The molecule has 4 heteroatoms. The van der Waals surface area contributed by atoms with Crippen molar-refractivity contribution in [2.75, 3.05) is 0 Å². The Morgan fingerprint density at radius 2 is 1.00 bits per heavy atom. The van der Waals surface area contributed by atoms with E-state index in [4.69, 9.17) is 0 Å². The first kappa shape index (κ1) is 27.2. The first-order valence-corrected chi connectivity index (χ1v) is 0. The predicted molar refractivity (Wildman–Crippen MR) is 12.2 cm³/mol. The zero-order valence-corrected chi connectivity index (χ0v) is 5.95. The molecular formula is H4CuLaOSr. The third-order valence-corrected chi connectivity index (χ3v) is 0. The van der Waals surface area contributed by atoms with Crippen molar-refractivity contribution in [2.24, 2.45) is 0 Å². The molecule has 0 heterocycles. The number of hydrogen-bond acceptors (Lipinski definition) is 0. The van der Waals surface area contributed by atoms with Crippen LogP contribution in [0.5, 0.6) is 0 Å². The van der Waals surface area contributed by atoms with Crippen molar-refractivity contribution in [1.29, 1.82) is 0 Å². The normalized spacial score (nSPS) is 0. The molecule has 0 aromatic heterocycles. The van der Waals surface area contributed by atoms with Crippen molar-refractivity contribution in [3.63, 3.8) is 0 Å². The van der Waals surface area contributed by atoms with Crippen LogP contribution in [-0.4, -0.2) is 51.0 Å². The van der Waals surface area contributed by atoms with E-state index in [2.05, 4.69) is 0 Å². The molecule has 0 bridgehead atoms. The molecule has 0 atom stereocenters. The molecule has 0 unspecified atom stereocenters. The summed E-state index contributed by atoms with van der Waals surface area (Å²) < 4.78 is 0. The zero-order valence-electron chi connectivity index (χ0n) is 1.38. The van der Waals surface area contributed by atoms with Gasteiger partial charge in [0.05, 0.1) is 0 Å². The van der Waals surface area contributed by atoms with Gasteiger partial charge in [0, 0.05) is 52.7 Å². The van der Waals surface area contributed by atoms with Gasteiger partial charge in [-0.1, -0.05) is 0 Å². The van der Waals surface area contributed by atoms with E-state index in [0.717, 1.165) is 0 Å². The Kier molecular flexibility index (Phi) is 112. The molecule has 0 aromatic rings. The summed E-state index contributed by atoms with van der Waals surface area (Å²) in [5, 5.41) is 0. The maximum atomic E-state index is 0. The molecule has 0 aliphatic carbocycles. The molecule has 1 nitrogen and oxygen atoms in total. The Labute approximate surface area is 101 Å². The monoisotopic (exact) mass is 310 g/mol. The standard InChI is InChI=1S/Cu.La.H2O.Sr.2H/h;;1H2;;;. The molecule has 26 valence electrons. The summed E-state index contributed by atoms with van der Waals surface area (Å²) in [5.41, 5.74) is 0. The first-order chi connectivity index (χ1) is 0. The topological polar surface area (TPSA) is 31.5 Å². The van der Waals surface area contributed by atoms with Gasteiger partial charge in [-0.05, 0) is 0 Å². The fourth-order valence-corrected chi connectivity index (χ4v) is 0. The van der Waals surface area contributed by atoms with Gasteiger partial charge in [0.25, 0.3) is 0 Å². The molecule has 4 heavy (non-hydrogen) atoms. The van der Waals surface area contributed by atoms with Gasteiger partial charge < -0.3 is 5.48 Å². The molecule has 0 amide bonds. The van der Waals surface area contributed by atoms with E-state index in [-0.39, 0.29) is 104 Å². The van der Waals surface area contributed by atoms with Crippen molar-refractivity contribution in [3.05, 3.63) is 0 Å².